The van der Waals surface area contributed by atoms with Crippen LogP contribution in [0.1, 0.15) is 38.2 Å². The number of benzene rings is 1. The number of nitrogens with zero attached hydrogens (tertiary/aromatic N) is 1. The van der Waals surface area contributed by atoms with Crippen molar-refractivity contribution in [3.8, 4) is 0 Å². The molecule has 2 nitrogen and oxygen atoms in total. The predicted octanol–water partition coefficient (Wildman–Crippen LogP) is 4.34. The van der Waals surface area contributed by atoms with Crippen molar-refractivity contribution >= 4 is 5.78 Å². The lowest BCUT2D eigenvalue weighted by molar-refractivity contribution is -0.124. The van der Waals surface area contributed by atoms with E-state index in [1.807, 2.05) is 0 Å². The Labute approximate surface area is 138 Å². The minimum atomic E-state index is 0.237. The zero-order valence-corrected chi connectivity index (χ0v) is 13.8. The van der Waals surface area contributed by atoms with Crippen LogP contribution >= 0.6 is 0 Å². The first-order valence-electron chi connectivity index (χ1n) is 8.94. The standard InChI is InChI=1S/C21H25NO/c1-15-10-11-18-17-8-5-9-21(23)19(17)12-13-20(18)22(15)14-16-6-3-2-4-7-16/h2-8,13,15,17-19H,9-12,14H2,1H3/t15?,17?,18-,19?/m0/s1. The number of fused-ring (bicyclic) bond motifs is 3. The SMILES string of the molecule is CC1CC[C@@H]2C(=CCC3C(=O)CC=CC32)N1Cc1ccccc1. The van der Waals surface area contributed by atoms with Crippen molar-refractivity contribution in [3.05, 3.63) is 59.8 Å². The number of hydrogen-bond acceptors (Lipinski definition) is 2. The molecule has 0 aromatic heterocycles. The van der Waals surface area contributed by atoms with Crippen molar-refractivity contribution in [1.29, 1.82) is 0 Å². The lowest BCUT2D eigenvalue weighted by Crippen LogP contribution is -2.45. The zero-order valence-electron chi connectivity index (χ0n) is 13.8. The number of carbonyl (C=O) groups excluding carboxylic acids is 1. The minimum Gasteiger partial charge on any atom is -0.368 e. The van der Waals surface area contributed by atoms with E-state index in [0.717, 1.165) is 13.0 Å². The van der Waals surface area contributed by atoms with E-state index in [2.05, 4.69) is 60.4 Å². The molecule has 0 radical (unpaired) electrons. The van der Waals surface area contributed by atoms with E-state index in [1.54, 1.807) is 0 Å². The Morgan fingerprint density at radius 3 is 2.78 bits per heavy atom. The van der Waals surface area contributed by atoms with E-state index < -0.39 is 0 Å². The van der Waals surface area contributed by atoms with Crippen LogP contribution in [0.4, 0.5) is 0 Å². The van der Waals surface area contributed by atoms with Gasteiger partial charge in [-0.15, -0.1) is 0 Å². The number of carbonyl (C=O) groups is 1. The van der Waals surface area contributed by atoms with Crippen LogP contribution in [-0.2, 0) is 11.3 Å². The smallest absolute Gasteiger partial charge is 0.140 e. The van der Waals surface area contributed by atoms with Gasteiger partial charge in [0.05, 0.1) is 0 Å². The number of allylic oxidation sites excluding steroid dienone is 4. The van der Waals surface area contributed by atoms with Crippen molar-refractivity contribution in [1.82, 2.24) is 4.90 Å². The largest absolute Gasteiger partial charge is 0.368 e. The van der Waals surface area contributed by atoms with Crippen molar-refractivity contribution in [2.45, 2.75) is 45.2 Å². The van der Waals surface area contributed by atoms with Crippen LogP contribution in [0.25, 0.3) is 0 Å². The molecule has 1 aromatic rings. The molecule has 0 bridgehead atoms. The van der Waals surface area contributed by atoms with E-state index >= 15 is 0 Å². The quantitative estimate of drug-likeness (QED) is 0.758. The summed E-state index contributed by atoms with van der Waals surface area (Å²) in [5.41, 5.74) is 2.87. The first-order valence-corrected chi connectivity index (χ1v) is 8.94. The summed E-state index contributed by atoms with van der Waals surface area (Å²) < 4.78 is 0. The van der Waals surface area contributed by atoms with E-state index in [0.29, 0.717) is 30.1 Å². The van der Waals surface area contributed by atoms with Crippen LogP contribution in [0.2, 0.25) is 0 Å². The molecule has 0 N–H and O–H groups in total. The maximum atomic E-state index is 12.2. The molecule has 4 atom stereocenters. The minimum absolute atomic E-state index is 0.237. The van der Waals surface area contributed by atoms with Gasteiger partial charge in [0.25, 0.3) is 0 Å². The first-order chi connectivity index (χ1) is 11.2. The summed E-state index contributed by atoms with van der Waals surface area (Å²) in [6.07, 6.45) is 10.8. The summed E-state index contributed by atoms with van der Waals surface area (Å²) in [7, 11) is 0. The van der Waals surface area contributed by atoms with Gasteiger partial charge in [-0.05, 0) is 37.7 Å². The molecule has 23 heavy (non-hydrogen) atoms. The molecule has 1 aliphatic heterocycles. The molecule has 120 valence electrons. The number of ketones is 1. The Morgan fingerprint density at radius 2 is 1.96 bits per heavy atom. The fourth-order valence-corrected chi connectivity index (χ4v) is 4.67. The van der Waals surface area contributed by atoms with Gasteiger partial charge < -0.3 is 4.90 Å². The van der Waals surface area contributed by atoms with Crippen LogP contribution in [-0.4, -0.2) is 16.7 Å². The van der Waals surface area contributed by atoms with Crippen molar-refractivity contribution in [2.75, 3.05) is 0 Å². The molecule has 0 saturated carbocycles. The Balaban J connectivity index is 1.63. The molecule has 1 saturated heterocycles. The number of likely N-dealkylation sites (tertiary alicyclic amines) is 1. The molecular formula is C21H25NO. The summed E-state index contributed by atoms with van der Waals surface area (Å²) in [5, 5.41) is 0. The van der Waals surface area contributed by atoms with Gasteiger partial charge in [-0.1, -0.05) is 48.6 Å². The molecule has 1 fully saturated rings. The van der Waals surface area contributed by atoms with Crippen molar-refractivity contribution in [2.24, 2.45) is 17.8 Å². The number of Topliss-reactive ketones (excluding diaryl/α,β-unsaturated/α-hetero) is 1. The molecule has 0 spiro atoms. The highest BCUT2D eigenvalue weighted by atomic mass is 16.1. The highest BCUT2D eigenvalue weighted by molar-refractivity contribution is 5.84. The lowest BCUT2D eigenvalue weighted by atomic mass is 9.66. The summed E-state index contributed by atoms with van der Waals surface area (Å²) in [6, 6.07) is 11.3. The van der Waals surface area contributed by atoms with Crippen molar-refractivity contribution < 1.29 is 4.79 Å². The fourth-order valence-electron chi connectivity index (χ4n) is 4.67. The Bertz CT molecular complexity index is 645. The second kappa shape index (κ2) is 5.99. The summed E-state index contributed by atoms with van der Waals surface area (Å²) >= 11 is 0. The molecule has 2 heteroatoms. The van der Waals surface area contributed by atoms with Crippen LogP contribution in [0, 0.1) is 17.8 Å². The van der Waals surface area contributed by atoms with Crippen LogP contribution in [0.3, 0.4) is 0 Å². The normalized spacial score (nSPS) is 33.0. The van der Waals surface area contributed by atoms with Gasteiger partial charge in [-0.2, -0.15) is 0 Å². The van der Waals surface area contributed by atoms with Crippen LogP contribution in [0.15, 0.2) is 54.3 Å². The van der Waals surface area contributed by atoms with Crippen molar-refractivity contribution in [3.63, 3.8) is 0 Å². The molecule has 1 aromatic carbocycles. The van der Waals surface area contributed by atoms with Gasteiger partial charge in [-0.3, -0.25) is 4.79 Å². The van der Waals surface area contributed by atoms with Gasteiger partial charge in [0.1, 0.15) is 5.78 Å². The van der Waals surface area contributed by atoms with Crippen LogP contribution < -0.4 is 0 Å². The monoisotopic (exact) mass is 307 g/mol. The number of hydrogen-bond donors (Lipinski definition) is 0. The average molecular weight is 307 g/mol. The second-order valence-electron chi connectivity index (χ2n) is 7.29. The molecule has 2 aliphatic carbocycles. The maximum Gasteiger partial charge on any atom is 0.140 e. The van der Waals surface area contributed by atoms with E-state index in [1.165, 1.54) is 24.1 Å². The summed E-state index contributed by atoms with van der Waals surface area (Å²) in [6.45, 7) is 3.33. The molecule has 4 rings (SSSR count). The van der Waals surface area contributed by atoms with Gasteiger partial charge in [-0.25, -0.2) is 0 Å². The van der Waals surface area contributed by atoms with Gasteiger partial charge in [0.2, 0.25) is 0 Å². The Morgan fingerprint density at radius 1 is 1.13 bits per heavy atom. The third kappa shape index (κ3) is 2.65. The van der Waals surface area contributed by atoms with Gasteiger partial charge in [0.15, 0.2) is 0 Å². The molecular weight excluding hydrogens is 282 g/mol. The topological polar surface area (TPSA) is 20.3 Å². The first kappa shape index (κ1) is 14.7. The molecule has 0 amide bonds. The number of piperidine rings is 1. The van der Waals surface area contributed by atoms with E-state index in [-0.39, 0.29) is 5.92 Å². The molecule has 3 unspecified atom stereocenters. The maximum absolute atomic E-state index is 12.2. The highest BCUT2D eigenvalue weighted by Crippen LogP contribution is 2.46. The van der Waals surface area contributed by atoms with E-state index in [9.17, 15) is 4.79 Å². The van der Waals surface area contributed by atoms with Crippen LogP contribution in [0.5, 0.6) is 0 Å². The number of rotatable bonds is 2. The summed E-state index contributed by atoms with van der Waals surface area (Å²) in [4.78, 5) is 14.8. The van der Waals surface area contributed by atoms with Gasteiger partial charge in [0, 0.05) is 36.5 Å². The Kier molecular flexibility index (Phi) is 3.84. The molecule has 3 aliphatic rings. The summed E-state index contributed by atoms with van der Waals surface area (Å²) in [5.74, 6) is 1.65. The van der Waals surface area contributed by atoms with Gasteiger partial charge >= 0.3 is 0 Å². The second-order valence-corrected chi connectivity index (χ2v) is 7.29. The zero-order chi connectivity index (χ0) is 15.8. The predicted molar refractivity (Wildman–Crippen MR) is 92.6 cm³/mol. The lowest BCUT2D eigenvalue weighted by Gasteiger charge is -2.48. The molecule has 1 heterocycles. The fraction of sp³-hybridized carbons (Fsp3) is 0.476. The van der Waals surface area contributed by atoms with E-state index in [4.69, 9.17) is 0 Å². The third-order valence-corrected chi connectivity index (χ3v) is 5.94. The highest BCUT2D eigenvalue weighted by Gasteiger charge is 2.42. The average Bonchev–Trinajstić information content (AvgIpc) is 2.58. The Hall–Kier alpha value is -1.83. The third-order valence-electron chi connectivity index (χ3n) is 5.94.